The van der Waals surface area contributed by atoms with Crippen LogP contribution in [0.4, 0.5) is 10.1 Å². The minimum absolute atomic E-state index is 0.0241. The molecule has 3 atom stereocenters. The van der Waals surface area contributed by atoms with Crippen molar-refractivity contribution in [3.8, 4) is 0 Å². The molecule has 19 heavy (non-hydrogen) atoms. The molecule has 0 bridgehead atoms. The Kier molecular flexibility index (Phi) is 4.01. The van der Waals surface area contributed by atoms with Crippen LogP contribution in [0.3, 0.4) is 0 Å². The lowest BCUT2D eigenvalue weighted by Gasteiger charge is -2.43. The zero-order valence-electron chi connectivity index (χ0n) is 10.7. The molecule has 6 heteroatoms. The Labute approximate surface area is 111 Å². The highest BCUT2D eigenvalue weighted by Crippen LogP contribution is 2.28. The number of halogens is 1. The molecule has 2 rings (SSSR count). The second-order valence-electron chi connectivity index (χ2n) is 4.59. The molecule has 3 unspecified atom stereocenters. The van der Waals surface area contributed by atoms with E-state index in [1.807, 2.05) is 6.92 Å². The van der Waals surface area contributed by atoms with E-state index in [1.54, 1.807) is 6.07 Å². The van der Waals surface area contributed by atoms with E-state index in [2.05, 4.69) is 5.32 Å². The number of anilines is 1. The predicted octanol–water partition coefficient (Wildman–Crippen LogP) is 0.841. The highest BCUT2D eigenvalue weighted by Gasteiger charge is 2.39. The minimum atomic E-state index is -0.804. The van der Waals surface area contributed by atoms with Crippen molar-refractivity contribution in [2.45, 2.75) is 31.5 Å². The second kappa shape index (κ2) is 5.54. The summed E-state index contributed by atoms with van der Waals surface area (Å²) < 4.78 is 19.1. The summed E-state index contributed by atoms with van der Waals surface area (Å²) in [7, 11) is 0. The number of carbonyl (C=O) groups is 1. The quantitative estimate of drug-likeness (QED) is 0.737. The molecule has 1 amide bonds. The summed E-state index contributed by atoms with van der Waals surface area (Å²) >= 11 is 0. The number of nitrogens with two attached hydrogens (primary N) is 2. The van der Waals surface area contributed by atoms with Crippen molar-refractivity contribution in [1.82, 2.24) is 0 Å². The maximum Gasteiger partial charge on any atom is 0.253 e. The first-order chi connectivity index (χ1) is 9.04. The summed E-state index contributed by atoms with van der Waals surface area (Å²) in [6.45, 7) is 2.49. The standard InChI is InChI=1S/C13H18FN3O2/c1-2-19-10-6-8(15)12(10)17-9-5-3-4-7(14)11(9)13(16)18/h3-5,8,10,12,17H,2,6,15H2,1H3,(H2,16,18). The highest BCUT2D eigenvalue weighted by atomic mass is 19.1. The van der Waals surface area contributed by atoms with Crippen LogP contribution < -0.4 is 16.8 Å². The number of benzene rings is 1. The molecule has 1 aliphatic carbocycles. The van der Waals surface area contributed by atoms with E-state index in [0.717, 1.165) is 6.42 Å². The van der Waals surface area contributed by atoms with Gasteiger partial charge in [-0.2, -0.15) is 0 Å². The normalized spacial score (nSPS) is 25.7. The Morgan fingerprint density at radius 1 is 1.58 bits per heavy atom. The van der Waals surface area contributed by atoms with E-state index in [0.29, 0.717) is 12.3 Å². The third kappa shape index (κ3) is 2.69. The van der Waals surface area contributed by atoms with Gasteiger partial charge in [0.2, 0.25) is 0 Å². The first-order valence-corrected chi connectivity index (χ1v) is 6.26. The van der Waals surface area contributed by atoms with Gasteiger partial charge in [0.15, 0.2) is 0 Å². The molecule has 0 heterocycles. The average Bonchev–Trinajstić information content (AvgIpc) is 2.35. The van der Waals surface area contributed by atoms with Crippen LogP contribution in [0.5, 0.6) is 0 Å². The number of ether oxygens (including phenoxy) is 1. The van der Waals surface area contributed by atoms with Gasteiger partial charge in [-0.05, 0) is 25.5 Å². The molecule has 5 N–H and O–H groups in total. The fraction of sp³-hybridized carbons (Fsp3) is 0.462. The molecule has 1 aromatic carbocycles. The van der Waals surface area contributed by atoms with Crippen LogP contribution in [0.1, 0.15) is 23.7 Å². The van der Waals surface area contributed by atoms with Crippen molar-refractivity contribution in [1.29, 1.82) is 0 Å². The van der Waals surface area contributed by atoms with Gasteiger partial charge in [0.25, 0.3) is 5.91 Å². The van der Waals surface area contributed by atoms with Gasteiger partial charge < -0.3 is 21.5 Å². The van der Waals surface area contributed by atoms with Gasteiger partial charge in [0, 0.05) is 12.6 Å². The summed E-state index contributed by atoms with van der Waals surface area (Å²) in [6, 6.07) is 4.10. The van der Waals surface area contributed by atoms with E-state index in [9.17, 15) is 9.18 Å². The molecule has 0 spiro atoms. The summed E-state index contributed by atoms with van der Waals surface area (Å²) in [4.78, 5) is 11.3. The van der Waals surface area contributed by atoms with Gasteiger partial charge >= 0.3 is 0 Å². The smallest absolute Gasteiger partial charge is 0.253 e. The Morgan fingerprint density at radius 3 is 2.89 bits per heavy atom. The number of rotatable bonds is 5. The number of primary amides is 1. The maximum atomic E-state index is 13.6. The van der Waals surface area contributed by atoms with Crippen LogP contribution in [-0.2, 0) is 4.74 Å². The van der Waals surface area contributed by atoms with Crippen LogP contribution in [-0.4, -0.2) is 30.7 Å². The van der Waals surface area contributed by atoms with E-state index in [1.165, 1.54) is 12.1 Å². The fourth-order valence-electron chi connectivity index (χ4n) is 2.30. The van der Waals surface area contributed by atoms with Crippen molar-refractivity contribution in [2.24, 2.45) is 11.5 Å². The van der Waals surface area contributed by atoms with Crippen molar-refractivity contribution in [3.63, 3.8) is 0 Å². The first-order valence-electron chi connectivity index (χ1n) is 6.26. The number of hydrogen-bond donors (Lipinski definition) is 3. The van der Waals surface area contributed by atoms with Gasteiger partial charge in [-0.25, -0.2) is 4.39 Å². The molecule has 0 aliphatic heterocycles. The summed E-state index contributed by atoms with van der Waals surface area (Å²) in [5.74, 6) is -1.44. The fourth-order valence-corrected chi connectivity index (χ4v) is 2.30. The van der Waals surface area contributed by atoms with E-state index in [4.69, 9.17) is 16.2 Å². The summed E-state index contributed by atoms with van der Waals surface area (Å²) in [5, 5.41) is 3.06. The molecule has 104 valence electrons. The number of carbonyl (C=O) groups excluding carboxylic acids is 1. The van der Waals surface area contributed by atoms with Crippen molar-refractivity contribution in [2.75, 3.05) is 11.9 Å². The third-order valence-electron chi connectivity index (χ3n) is 3.33. The first kappa shape index (κ1) is 13.8. The van der Waals surface area contributed by atoms with E-state index in [-0.39, 0.29) is 23.8 Å². The molecule has 1 saturated carbocycles. The Bertz CT molecular complexity index is 479. The number of hydrogen-bond acceptors (Lipinski definition) is 4. The lowest BCUT2D eigenvalue weighted by molar-refractivity contribution is -0.0126. The van der Waals surface area contributed by atoms with Gasteiger partial charge in [0.1, 0.15) is 5.82 Å². The van der Waals surface area contributed by atoms with E-state index >= 15 is 0 Å². The number of nitrogens with one attached hydrogen (secondary N) is 1. The van der Waals surface area contributed by atoms with Gasteiger partial charge in [-0.15, -0.1) is 0 Å². The maximum absolute atomic E-state index is 13.6. The Morgan fingerprint density at radius 2 is 2.32 bits per heavy atom. The van der Waals surface area contributed by atoms with Gasteiger partial charge in [-0.3, -0.25) is 4.79 Å². The average molecular weight is 267 g/mol. The highest BCUT2D eigenvalue weighted by molar-refractivity contribution is 5.98. The van der Waals surface area contributed by atoms with Crippen LogP contribution in [0.15, 0.2) is 18.2 Å². The molecule has 5 nitrogen and oxygen atoms in total. The summed E-state index contributed by atoms with van der Waals surface area (Å²) in [6.07, 6.45) is 0.719. The predicted molar refractivity (Wildman–Crippen MR) is 70.3 cm³/mol. The molecule has 1 aliphatic rings. The zero-order chi connectivity index (χ0) is 14.0. The molecular formula is C13H18FN3O2. The monoisotopic (exact) mass is 267 g/mol. The molecule has 0 saturated heterocycles. The van der Waals surface area contributed by atoms with E-state index < -0.39 is 11.7 Å². The largest absolute Gasteiger partial charge is 0.377 e. The lowest BCUT2D eigenvalue weighted by atomic mass is 9.83. The number of amides is 1. The molecule has 1 aromatic rings. The Balaban J connectivity index is 2.19. The second-order valence-corrected chi connectivity index (χ2v) is 4.59. The van der Waals surface area contributed by atoms with Crippen LogP contribution in [0.25, 0.3) is 0 Å². The van der Waals surface area contributed by atoms with Crippen molar-refractivity contribution < 1.29 is 13.9 Å². The lowest BCUT2D eigenvalue weighted by Crippen LogP contribution is -2.60. The van der Waals surface area contributed by atoms with Gasteiger partial charge in [-0.1, -0.05) is 6.07 Å². The SMILES string of the molecule is CCOC1CC(N)C1Nc1cccc(F)c1C(N)=O. The Hall–Kier alpha value is -1.66. The molecular weight excluding hydrogens is 249 g/mol. The molecule has 0 radical (unpaired) electrons. The summed E-state index contributed by atoms with van der Waals surface area (Å²) in [5.41, 5.74) is 11.3. The zero-order valence-corrected chi connectivity index (χ0v) is 10.7. The van der Waals surface area contributed by atoms with Crippen molar-refractivity contribution in [3.05, 3.63) is 29.6 Å². The van der Waals surface area contributed by atoms with Crippen LogP contribution in [0, 0.1) is 5.82 Å². The van der Waals surface area contributed by atoms with Crippen molar-refractivity contribution >= 4 is 11.6 Å². The third-order valence-corrected chi connectivity index (χ3v) is 3.33. The topological polar surface area (TPSA) is 90.4 Å². The van der Waals surface area contributed by atoms with Gasteiger partial charge in [0.05, 0.1) is 23.4 Å². The van der Waals surface area contributed by atoms with Crippen LogP contribution >= 0.6 is 0 Å². The molecule has 0 aromatic heterocycles. The molecule has 1 fully saturated rings. The minimum Gasteiger partial charge on any atom is -0.377 e. The van der Waals surface area contributed by atoms with Crippen LogP contribution in [0.2, 0.25) is 0 Å².